The van der Waals surface area contributed by atoms with Gasteiger partial charge in [-0.15, -0.1) is 0 Å². The van der Waals surface area contributed by atoms with Crippen molar-refractivity contribution in [1.82, 2.24) is 9.78 Å². The molecule has 1 aromatic rings. The molecule has 0 aliphatic heterocycles. The maximum Gasteiger partial charge on any atom is 0.194 e. The van der Waals surface area contributed by atoms with Crippen molar-refractivity contribution >= 4 is 5.78 Å². The molecule has 78 valence electrons. The number of aryl methyl sites for hydroxylation is 1. The van der Waals surface area contributed by atoms with Crippen LogP contribution in [0.15, 0.2) is 12.4 Å². The van der Waals surface area contributed by atoms with Gasteiger partial charge in [0.2, 0.25) is 0 Å². The first-order valence-corrected chi connectivity index (χ1v) is 4.81. The number of carbonyl (C=O) groups excluding carboxylic acids is 1. The molecule has 0 aliphatic carbocycles. The summed E-state index contributed by atoms with van der Waals surface area (Å²) in [6.07, 6.45) is 2.23. The van der Waals surface area contributed by atoms with E-state index in [1.807, 2.05) is 20.8 Å². The fourth-order valence-electron chi connectivity index (χ4n) is 1.14. The van der Waals surface area contributed by atoms with Gasteiger partial charge in [-0.25, -0.2) is 0 Å². The molecule has 1 N–H and O–H groups in total. The van der Waals surface area contributed by atoms with Crippen LogP contribution < -0.4 is 0 Å². The molecule has 1 aromatic heterocycles. The zero-order chi connectivity index (χ0) is 10.7. The van der Waals surface area contributed by atoms with Gasteiger partial charge in [-0.3, -0.25) is 9.48 Å². The number of Topliss-reactive ketones (excluding diaryl/α,β-unsaturated/α-hetero) is 1. The lowest BCUT2D eigenvalue weighted by atomic mass is 10.00. The van der Waals surface area contributed by atoms with Gasteiger partial charge >= 0.3 is 0 Å². The van der Waals surface area contributed by atoms with Gasteiger partial charge in [0.15, 0.2) is 5.78 Å². The molecule has 1 unspecified atom stereocenters. The lowest BCUT2D eigenvalue weighted by Gasteiger charge is -2.11. The summed E-state index contributed by atoms with van der Waals surface area (Å²) in [6.45, 7) is 6.30. The van der Waals surface area contributed by atoms with Crippen molar-refractivity contribution in [2.45, 2.75) is 33.4 Å². The lowest BCUT2D eigenvalue weighted by Crippen LogP contribution is -2.25. The number of hydrogen-bond acceptors (Lipinski definition) is 3. The Morgan fingerprint density at radius 1 is 1.64 bits per heavy atom. The van der Waals surface area contributed by atoms with Crippen molar-refractivity contribution in [2.75, 3.05) is 0 Å². The summed E-state index contributed by atoms with van der Waals surface area (Å²) < 4.78 is 1.67. The number of aromatic nitrogens is 2. The number of carbonyl (C=O) groups is 1. The van der Waals surface area contributed by atoms with E-state index in [1.165, 1.54) is 6.20 Å². The summed E-state index contributed by atoms with van der Waals surface area (Å²) in [6, 6.07) is 0. The maximum atomic E-state index is 11.6. The van der Waals surface area contributed by atoms with Crippen LogP contribution in [-0.2, 0) is 6.54 Å². The minimum atomic E-state index is -0.926. The fourth-order valence-corrected chi connectivity index (χ4v) is 1.14. The minimum absolute atomic E-state index is 0.0625. The second kappa shape index (κ2) is 4.37. The van der Waals surface area contributed by atoms with Crippen LogP contribution >= 0.6 is 0 Å². The second-order valence-electron chi connectivity index (χ2n) is 3.64. The molecule has 0 bridgehead atoms. The van der Waals surface area contributed by atoms with Crippen LogP contribution in [0, 0.1) is 5.92 Å². The second-order valence-corrected chi connectivity index (χ2v) is 3.64. The zero-order valence-corrected chi connectivity index (χ0v) is 8.77. The number of ketones is 1. The van der Waals surface area contributed by atoms with Gasteiger partial charge in [-0.2, -0.15) is 5.10 Å². The first kappa shape index (κ1) is 10.9. The first-order valence-electron chi connectivity index (χ1n) is 4.81. The molecule has 4 nitrogen and oxygen atoms in total. The van der Waals surface area contributed by atoms with E-state index in [0.29, 0.717) is 5.56 Å². The normalized spacial score (nSPS) is 13.2. The molecule has 1 rings (SSSR count). The van der Waals surface area contributed by atoms with Gasteiger partial charge in [-0.1, -0.05) is 13.8 Å². The molecule has 0 fully saturated rings. The van der Waals surface area contributed by atoms with Crippen molar-refractivity contribution in [1.29, 1.82) is 0 Å². The highest BCUT2D eigenvalue weighted by Gasteiger charge is 2.21. The predicted octanol–water partition coefficient (Wildman–Crippen LogP) is 1.10. The third kappa shape index (κ3) is 2.20. The molecule has 0 aromatic carbocycles. The molecule has 0 saturated carbocycles. The van der Waals surface area contributed by atoms with E-state index in [0.717, 1.165) is 6.54 Å². The number of rotatable bonds is 4. The zero-order valence-electron chi connectivity index (χ0n) is 8.77. The Hall–Kier alpha value is -1.16. The first-order chi connectivity index (χ1) is 6.56. The molecular formula is C10H16N2O2. The van der Waals surface area contributed by atoms with E-state index in [4.69, 9.17) is 0 Å². The number of hydrogen-bond donors (Lipinski definition) is 1. The average molecular weight is 196 g/mol. The van der Waals surface area contributed by atoms with E-state index in [1.54, 1.807) is 10.9 Å². The Kier molecular flexibility index (Phi) is 3.41. The fraction of sp³-hybridized carbons (Fsp3) is 0.600. The monoisotopic (exact) mass is 196 g/mol. The van der Waals surface area contributed by atoms with Gasteiger partial charge in [0.1, 0.15) is 6.10 Å². The minimum Gasteiger partial charge on any atom is -0.385 e. The van der Waals surface area contributed by atoms with Crippen molar-refractivity contribution in [3.63, 3.8) is 0 Å². The Labute approximate surface area is 83.5 Å². The van der Waals surface area contributed by atoms with Crippen LogP contribution in [0.3, 0.4) is 0 Å². The molecule has 1 heterocycles. The van der Waals surface area contributed by atoms with E-state index < -0.39 is 6.10 Å². The summed E-state index contributed by atoms with van der Waals surface area (Å²) in [5, 5.41) is 13.5. The lowest BCUT2D eigenvalue weighted by molar-refractivity contribution is 0.0648. The van der Waals surface area contributed by atoms with Crippen LogP contribution in [0.2, 0.25) is 0 Å². The number of nitrogens with zero attached hydrogens (tertiary/aromatic N) is 2. The van der Waals surface area contributed by atoms with Crippen molar-refractivity contribution in [3.8, 4) is 0 Å². The standard InChI is InChI=1S/C10H16N2O2/c1-4-12-6-8(5-11-12)10(14)9(13)7(2)3/h5-7,9,13H,4H2,1-3H3. The van der Waals surface area contributed by atoms with Crippen molar-refractivity contribution in [3.05, 3.63) is 18.0 Å². The SMILES string of the molecule is CCn1cc(C(=O)C(O)C(C)C)cn1. The van der Waals surface area contributed by atoms with E-state index in [2.05, 4.69) is 5.10 Å². The van der Waals surface area contributed by atoms with Crippen LogP contribution in [0.1, 0.15) is 31.1 Å². The molecule has 1 atom stereocenters. The molecular weight excluding hydrogens is 180 g/mol. The molecule has 0 radical (unpaired) electrons. The highest BCUT2D eigenvalue weighted by molar-refractivity contribution is 5.99. The summed E-state index contributed by atoms with van der Waals surface area (Å²) in [4.78, 5) is 11.6. The smallest absolute Gasteiger partial charge is 0.194 e. The highest BCUT2D eigenvalue weighted by Crippen LogP contribution is 2.09. The third-order valence-electron chi connectivity index (χ3n) is 2.14. The largest absolute Gasteiger partial charge is 0.385 e. The molecule has 4 heteroatoms. The summed E-state index contributed by atoms with van der Waals surface area (Å²) in [7, 11) is 0. The van der Waals surface area contributed by atoms with Crippen LogP contribution in [0.25, 0.3) is 0 Å². The Bertz CT molecular complexity index is 318. The Balaban J connectivity index is 2.79. The van der Waals surface area contributed by atoms with Gasteiger partial charge in [-0.05, 0) is 12.8 Å². The van der Waals surface area contributed by atoms with Gasteiger partial charge < -0.3 is 5.11 Å². The number of aliphatic hydroxyl groups is 1. The average Bonchev–Trinajstić information content (AvgIpc) is 2.63. The van der Waals surface area contributed by atoms with Gasteiger partial charge in [0.25, 0.3) is 0 Å². The van der Waals surface area contributed by atoms with Crippen LogP contribution in [-0.4, -0.2) is 26.8 Å². The van der Waals surface area contributed by atoms with Crippen LogP contribution in [0.5, 0.6) is 0 Å². The van der Waals surface area contributed by atoms with Gasteiger partial charge in [0, 0.05) is 12.7 Å². The molecule has 0 spiro atoms. The number of aliphatic hydroxyl groups excluding tert-OH is 1. The van der Waals surface area contributed by atoms with Crippen molar-refractivity contribution < 1.29 is 9.90 Å². The van der Waals surface area contributed by atoms with Crippen molar-refractivity contribution in [2.24, 2.45) is 5.92 Å². The predicted molar refractivity (Wildman–Crippen MR) is 53.1 cm³/mol. The Morgan fingerprint density at radius 3 is 2.71 bits per heavy atom. The summed E-state index contributed by atoms with van der Waals surface area (Å²) in [5.41, 5.74) is 0.480. The molecule has 0 saturated heterocycles. The summed E-state index contributed by atoms with van der Waals surface area (Å²) in [5.74, 6) is -0.313. The van der Waals surface area contributed by atoms with E-state index in [9.17, 15) is 9.90 Å². The third-order valence-corrected chi connectivity index (χ3v) is 2.14. The quantitative estimate of drug-likeness (QED) is 0.734. The molecule has 0 aliphatic rings. The topological polar surface area (TPSA) is 55.1 Å². The maximum absolute atomic E-state index is 11.6. The Morgan fingerprint density at radius 2 is 2.29 bits per heavy atom. The van der Waals surface area contributed by atoms with Crippen LogP contribution in [0.4, 0.5) is 0 Å². The van der Waals surface area contributed by atoms with E-state index >= 15 is 0 Å². The molecule has 0 amide bonds. The summed E-state index contributed by atoms with van der Waals surface area (Å²) >= 11 is 0. The van der Waals surface area contributed by atoms with Gasteiger partial charge in [0.05, 0.1) is 11.8 Å². The highest BCUT2D eigenvalue weighted by atomic mass is 16.3. The van der Waals surface area contributed by atoms with E-state index in [-0.39, 0.29) is 11.7 Å². The molecule has 14 heavy (non-hydrogen) atoms.